The molecule has 2 unspecified atom stereocenters. The Morgan fingerprint density at radius 1 is 1.20 bits per heavy atom. The van der Waals surface area contributed by atoms with Gasteiger partial charge < -0.3 is 23.7 Å². The first-order valence-corrected chi connectivity index (χ1v) is 5.38. The molecule has 86 valence electrons. The molecule has 5 heteroatoms. The highest BCUT2D eigenvalue weighted by atomic mass is 16.7. The van der Waals surface area contributed by atoms with Gasteiger partial charge in [-0.1, -0.05) is 0 Å². The number of hydrogen-bond donors (Lipinski definition) is 0. The predicted molar refractivity (Wildman–Crippen MR) is 49.5 cm³/mol. The maximum atomic E-state index is 5.58. The van der Waals surface area contributed by atoms with Gasteiger partial charge in [0.15, 0.2) is 0 Å². The Balaban J connectivity index is 1.44. The van der Waals surface area contributed by atoms with Crippen molar-refractivity contribution in [3.63, 3.8) is 0 Å². The Morgan fingerprint density at radius 3 is 2.53 bits per heavy atom. The summed E-state index contributed by atoms with van der Waals surface area (Å²) in [6, 6.07) is 0. The fraction of sp³-hybridized carbons (Fsp3) is 1.00. The Labute approximate surface area is 88.6 Å². The maximum Gasteiger partial charge on any atom is 0.146 e. The summed E-state index contributed by atoms with van der Waals surface area (Å²) in [6.45, 7) is 4.74. The second-order valence-corrected chi connectivity index (χ2v) is 4.38. The van der Waals surface area contributed by atoms with Crippen LogP contribution in [0.25, 0.3) is 0 Å². The summed E-state index contributed by atoms with van der Waals surface area (Å²) in [7, 11) is 0. The van der Waals surface area contributed by atoms with E-state index in [1.54, 1.807) is 0 Å². The van der Waals surface area contributed by atoms with E-state index >= 15 is 0 Å². The van der Waals surface area contributed by atoms with Gasteiger partial charge in [0, 0.05) is 5.92 Å². The fourth-order valence-electron chi connectivity index (χ4n) is 1.85. The van der Waals surface area contributed by atoms with Crippen molar-refractivity contribution in [1.82, 2.24) is 0 Å². The third kappa shape index (κ3) is 2.32. The molecule has 2 atom stereocenters. The smallest absolute Gasteiger partial charge is 0.146 e. The van der Waals surface area contributed by atoms with Crippen LogP contribution in [0, 0.1) is 5.92 Å². The Morgan fingerprint density at radius 2 is 1.93 bits per heavy atom. The monoisotopic (exact) mass is 216 g/mol. The van der Waals surface area contributed by atoms with E-state index in [-0.39, 0.29) is 5.60 Å². The zero-order valence-electron chi connectivity index (χ0n) is 8.65. The van der Waals surface area contributed by atoms with Crippen molar-refractivity contribution in [2.75, 3.05) is 46.4 Å². The van der Waals surface area contributed by atoms with Crippen LogP contribution in [0.1, 0.15) is 0 Å². The lowest BCUT2D eigenvalue weighted by molar-refractivity contribution is -0.146. The van der Waals surface area contributed by atoms with Gasteiger partial charge in [-0.15, -0.1) is 0 Å². The van der Waals surface area contributed by atoms with Crippen LogP contribution < -0.4 is 0 Å². The molecule has 3 rings (SSSR count). The van der Waals surface area contributed by atoms with E-state index in [0.717, 1.165) is 13.2 Å². The van der Waals surface area contributed by atoms with Crippen LogP contribution in [-0.2, 0) is 23.7 Å². The molecule has 0 amide bonds. The molecular formula is C10H16O5. The highest BCUT2D eigenvalue weighted by molar-refractivity contribution is 4.99. The van der Waals surface area contributed by atoms with Gasteiger partial charge in [0.1, 0.15) is 18.5 Å². The summed E-state index contributed by atoms with van der Waals surface area (Å²) in [5.41, 5.74) is -0.144. The predicted octanol–water partition coefficient (Wildman–Crippen LogP) is -0.209. The molecule has 5 nitrogen and oxygen atoms in total. The summed E-state index contributed by atoms with van der Waals surface area (Å²) in [6.07, 6.45) is 0.319. The number of hydrogen-bond acceptors (Lipinski definition) is 5. The largest absolute Gasteiger partial charge is 0.376 e. The number of ether oxygens (including phenoxy) is 5. The van der Waals surface area contributed by atoms with Gasteiger partial charge in [-0.25, -0.2) is 0 Å². The van der Waals surface area contributed by atoms with E-state index in [0.29, 0.717) is 45.2 Å². The minimum absolute atomic E-state index is 0.144. The Hall–Kier alpha value is -0.200. The number of rotatable bonds is 5. The standard InChI is InChI=1S/C10H16O5/c1-8(2-13-7-12-1)10(6-15-10)5-11-3-9-4-14-9/h8-9H,1-7H2. The van der Waals surface area contributed by atoms with E-state index in [1.165, 1.54) is 0 Å². The SMILES string of the molecule is C1OCC(C2(COCC3CO3)CO2)CO1. The van der Waals surface area contributed by atoms with Crippen molar-refractivity contribution < 1.29 is 23.7 Å². The summed E-state index contributed by atoms with van der Waals surface area (Å²) in [5.74, 6) is 0.311. The molecular weight excluding hydrogens is 200 g/mol. The molecule has 15 heavy (non-hydrogen) atoms. The first-order valence-electron chi connectivity index (χ1n) is 5.38. The minimum Gasteiger partial charge on any atom is -0.376 e. The average Bonchev–Trinajstić information content (AvgIpc) is 3.14. The highest BCUT2D eigenvalue weighted by Crippen LogP contribution is 2.37. The molecule has 0 aliphatic carbocycles. The second kappa shape index (κ2) is 3.99. The third-order valence-electron chi connectivity index (χ3n) is 3.12. The lowest BCUT2D eigenvalue weighted by atomic mass is 9.95. The quantitative estimate of drug-likeness (QED) is 0.595. The van der Waals surface area contributed by atoms with E-state index in [2.05, 4.69) is 0 Å². The van der Waals surface area contributed by atoms with E-state index < -0.39 is 0 Å². The minimum atomic E-state index is -0.144. The highest BCUT2D eigenvalue weighted by Gasteiger charge is 2.52. The molecule has 3 saturated heterocycles. The van der Waals surface area contributed by atoms with Crippen molar-refractivity contribution in [2.24, 2.45) is 5.92 Å². The number of epoxide rings is 2. The average molecular weight is 216 g/mol. The van der Waals surface area contributed by atoms with Gasteiger partial charge in [-0.3, -0.25) is 0 Å². The van der Waals surface area contributed by atoms with Gasteiger partial charge in [0.05, 0.1) is 39.6 Å². The topological polar surface area (TPSA) is 52.8 Å². The Bertz CT molecular complexity index is 218. The van der Waals surface area contributed by atoms with Gasteiger partial charge in [0.2, 0.25) is 0 Å². The molecule has 3 aliphatic heterocycles. The zero-order chi connectivity index (χ0) is 10.1. The van der Waals surface area contributed by atoms with Crippen LogP contribution in [0.15, 0.2) is 0 Å². The summed E-state index contributed by atoms with van der Waals surface area (Å²) in [4.78, 5) is 0. The maximum absolute atomic E-state index is 5.58. The van der Waals surface area contributed by atoms with E-state index in [1.807, 2.05) is 0 Å². The lowest BCUT2D eigenvalue weighted by Gasteiger charge is -2.27. The molecule has 3 aliphatic rings. The molecule has 0 radical (unpaired) electrons. The molecule has 0 aromatic rings. The molecule has 0 spiro atoms. The molecule has 0 bridgehead atoms. The van der Waals surface area contributed by atoms with Gasteiger partial charge in [0.25, 0.3) is 0 Å². The summed E-state index contributed by atoms with van der Waals surface area (Å²) < 4.78 is 26.7. The molecule has 0 aromatic carbocycles. The molecule has 0 aromatic heterocycles. The summed E-state index contributed by atoms with van der Waals surface area (Å²) in [5, 5.41) is 0. The molecule has 3 heterocycles. The van der Waals surface area contributed by atoms with Crippen LogP contribution in [0.4, 0.5) is 0 Å². The van der Waals surface area contributed by atoms with Crippen LogP contribution in [0.5, 0.6) is 0 Å². The van der Waals surface area contributed by atoms with Gasteiger partial charge >= 0.3 is 0 Å². The first kappa shape index (κ1) is 9.99. The van der Waals surface area contributed by atoms with Crippen molar-refractivity contribution in [1.29, 1.82) is 0 Å². The van der Waals surface area contributed by atoms with Gasteiger partial charge in [-0.2, -0.15) is 0 Å². The van der Waals surface area contributed by atoms with Gasteiger partial charge in [-0.05, 0) is 0 Å². The van der Waals surface area contributed by atoms with Crippen molar-refractivity contribution in [3.05, 3.63) is 0 Å². The zero-order valence-corrected chi connectivity index (χ0v) is 8.65. The lowest BCUT2D eigenvalue weighted by Crippen LogP contribution is -2.39. The molecule has 3 fully saturated rings. The molecule has 0 N–H and O–H groups in total. The third-order valence-corrected chi connectivity index (χ3v) is 3.12. The summed E-state index contributed by atoms with van der Waals surface area (Å²) >= 11 is 0. The van der Waals surface area contributed by atoms with Crippen LogP contribution in [-0.4, -0.2) is 58.1 Å². The van der Waals surface area contributed by atoms with Crippen molar-refractivity contribution >= 4 is 0 Å². The second-order valence-electron chi connectivity index (χ2n) is 4.38. The van der Waals surface area contributed by atoms with Crippen LogP contribution >= 0.6 is 0 Å². The van der Waals surface area contributed by atoms with Crippen molar-refractivity contribution in [2.45, 2.75) is 11.7 Å². The van der Waals surface area contributed by atoms with E-state index in [9.17, 15) is 0 Å². The van der Waals surface area contributed by atoms with Crippen LogP contribution in [0.2, 0.25) is 0 Å². The van der Waals surface area contributed by atoms with Crippen molar-refractivity contribution in [3.8, 4) is 0 Å². The Kier molecular flexibility index (Phi) is 2.66. The fourth-order valence-corrected chi connectivity index (χ4v) is 1.85. The molecule has 0 saturated carbocycles. The normalized spacial score (nSPS) is 40.4. The van der Waals surface area contributed by atoms with E-state index in [4.69, 9.17) is 23.7 Å². The first-order chi connectivity index (χ1) is 7.39. The van der Waals surface area contributed by atoms with Crippen LogP contribution in [0.3, 0.4) is 0 Å².